The van der Waals surface area contributed by atoms with Gasteiger partial charge in [0, 0.05) is 5.56 Å². The SMILES string of the molecule is O=C(NC1(C(=O)O)CCC1)c1cccc(F)c1. The number of aliphatic carboxylic acids is 1. The maximum atomic E-state index is 12.9. The lowest BCUT2D eigenvalue weighted by molar-refractivity contribution is -0.148. The van der Waals surface area contributed by atoms with Crippen molar-refractivity contribution in [2.75, 3.05) is 0 Å². The van der Waals surface area contributed by atoms with Gasteiger partial charge in [0.05, 0.1) is 0 Å². The second-order valence-electron chi connectivity index (χ2n) is 4.21. The highest BCUT2D eigenvalue weighted by molar-refractivity contribution is 5.98. The zero-order chi connectivity index (χ0) is 12.5. The Balaban J connectivity index is 2.14. The van der Waals surface area contributed by atoms with Crippen LogP contribution >= 0.6 is 0 Å². The molecule has 0 aromatic heterocycles. The molecular weight excluding hydrogens is 225 g/mol. The number of hydrogen-bond donors (Lipinski definition) is 2. The van der Waals surface area contributed by atoms with Gasteiger partial charge in [-0.05, 0) is 37.5 Å². The maximum Gasteiger partial charge on any atom is 0.329 e. The molecule has 5 heteroatoms. The molecule has 90 valence electrons. The summed E-state index contributed by atoms with van der Waals surface area (Å²) in [4.78, 5) is 22.8. The van der Waals surface area contributed by atoms with E-state index in [0.717, 1.165) is 12.5 Å². The third kappa shape index (κ3) is 2.13. The van der Waals surface area contributed by atoms with E-state index in [9.17, 15) is 14.0 Å². The second-order valence-corrected chi connectivity index (χ2v) is 4.21. The van der Waals surface area contributed by atoms with Crippen molar-refractivity contribution in [2.24, 2.45) is 0 Å². The number of rotatable bonds is 3. The van der Waals surface area contributed by atoms with Crippen LogP contribution in [0.2, 0.25) is 0 Å². The molecule has 0 aliphatic heterocycles. The van der Waals surface area contributed by atoms with Gasteiger partial charge in [0.2, 0.25) is 0 Å². The van der Waals surface area contributed by atoms with E-state index >= 15 is 0 Å². The van der Waals surface area contributed by atoms with Crippen LogP contribution in [0.25, 0.3) is 0 Å². The number of carboxylic acid groups (broad SMARTS) is 1. The average molecular weight is 237 g/mol. The van der Waals surface area contributed by atoms with Gasteiger partial charge in [0.25, 0.3) is 5.91 Å². The van der Waals surface area contributed by atoms with Gasteiger partial charge in [-0.3, -0.25) is 4.79 Å². The van der Waals surface area contributed by atoms with Gasteiger partial charge in [0.15, 0.2) is 0 Å². The van der Waals surface area contributed by atoms with Gasteiger partial charge in [0.1, 0.15) is 11.4 Å². The third-order valence-electron chi connectivity index (χ3n) is 3.06. The van der Waals surface area contributed by atoms with Crippen molar-refractivity contribution in [1.29, 1.82) is 0 Å². The van der Waals surface area contributed by atoms with Crippen molar-refractivity contribution in [3.63, 3.8) is 0 Å². The molecule has 1 aromatic carbocycles. The zero-order valence-electron chi connectivity index (χ0n) is 9.07. The third-order valence-corrected chi connectivity index (χ3v) is 3.06. The van der Waals surface area contributed by atoms with E-state index in [1.807, 2.05) is 0 Å². The van der Waals surface area contributed by atoms with Gasteiger partial charge < -0.3 is 10.4 Å². The summed E-state index contributed by atoms with van der Waals surface area (Å²) in [7, 11) is 0. The topological polar surface area (TPSA) is 66.4 Å². The van der Waals surface area contributed by atoms with Crippen LogP contribution in [0, 0.1) is 5.82 Å². The molecule has 1 aromatic rings. The van der Waals surface area contributed by atoms with Gasteiger partial charge in [-0.25, -0.2) is 9.18 Å². The normalized spacial score (nSPS) is 17.0. The molecule has 0 bridgehead atoms. The predicted molar refractivity (Wildman–Crippen MR) is 58.1 cm³/mol. The highest BCUT2D eigenvalue weighted by atomic mass is 19.1. The minimum Gasteiger partial charge on any atom is -0.480 e. The van der Waals surface area contributed by atoms with E-state index in [4.69, 9.17) is 5.11 Å². The number of carbonyl (C=O) groups is 2. The second kappa shape index (κ2) is 4.16. The summed E-state index contributed by atoms with van der Waals surface area (Å²) in [6.45, 7) is 0. The Bertz CT molecular complexity index is 469. The number of halogens is 1. The lowest BCUT2D eigenvalue weighted by Gasteiger charge is -2.38. The minimum atomic E-state index is -1.16. The molecule has 4 nitrogen and oxygen atoms in total. The quantitative estimate of drug-likeness (QED) is 0.838. The lowest BCUT2D eigenvalue weighted by Crippen LogP contribution is -2.59. The van der Waals surface area contributed by atoms with E-state index in [1.54, 1.807) is 0 Å². The Labute approximate surface area is 97.4 Å². The smallest absolute Gasteiger partial charge is 0.329 e. The average Bonchev–Trinajstić information content (AvgIpc) is 2.22. The summed E-state index contributed by atoms with van der Waals surface area (Å²) in [5.41, 5.74) is -1.03. The summed E-state index contributed by atoms with van der Waals surface area (Å²) >= 11 is 0. The van der Waals surface area contributed by atoms with Crippen LogP contribution in [0.3, 0.4) is 0 Å². The molecule has 1 saturated carbocycles. The van der Waals surface area contributed by atoms with Gasteiger partial charge in [-0.1, -0.05) is 6.07 Å². The molecule has 2 N–H and O–H groups in total. The van der Waals surface area contributed by atoms with Gasteiger partial charge >= 0.3 is 5.97 Å². The Morgan fingerprint density at radius 3 is 2.53 bits per heavy atom. The van der Waals surface area contributed by atoms with Crippen LogP contribution in [0.5, 0.6) is 0 Å². The Hall–Kier alpha value is -1.91. The molecule has 0 atom stereocenters. The summed E-state index contributed by atoms with van der Waals surface area (Å²) in [6, 6.07) is 5.18. The fourth-order valence-electron chi connectivity index (χ4n) is 1.84. The van der Waals surface area contributed by atoms with Crippen LogP contribution in [0.4, 0.5) is 4.39 Å². The Morgan fingerprint density at radius 1 is 1.35 bits per heavy atom. The fraction of sp³-hybridized carbons (Fsp3) is 0.333. The molecule has 0 spiro atoms. The number of hydrogen-bond acceptors (Lipinski definition) is 2. The van der Waals surface area contributed by atoms with Crippen molar-refractivity contribution in [1.82, 2.24) is 5.32 Å². The first kappa shape index (κ1) is 11.6. The molecular formula is C12H12FNO3. The number of carboxylic acids is 1. The predicted octanol–water partition coefficient (Wildman–Crippen LogP) is 1.56. The van der Waals surface area contributed by atoms with E-state index in [0.29, 0.717) is 12.8 Å². The van der Waals surface area contributed by atoms with Crippen LogP contribution in [0.1, 0.15) is 29.6 Å². The first-order valence-electron chi connectivity index (χ1n) is 5.35. The van der Waals surface area contributed by atoms with E-state index in [2.05, 4.69) is 5.32 Å². The van der Waals surface area contributed by atoms with E-state index < -0.39 is 23.2 Å². The van der Waals surface area contributed by atoms with Crippen LogP contribution in [-0.4, -0.2) is 22.5 Å². The van der Waals surface area contributed by atoms with Gasteiger partial charge in [-0.15, -0.1) is 0 Å². The standard InChI is InChI=1S/C12H12FNO3/c13-9-4-1-3-8(7-9)10(15)14-12(11(16)17)5-2-6-12/h1,3-4,7H,2,5-6H2,(H,14,15)(H,16,17). The number of amides is 1. The van der Waals surface area contributed by atoms with E-state index in [-0.39, 0.29) is 5.56 Å². The van der Waals surface area contributed by atoms with Crippen molar-refractivity contribution in [3.05, 3.63) is 35.6 Å². The molecule has 0 unspecified atom stereocenters. The van der Waals surface area contributed by atoms with Crippen molar-refractivity contribution < 1.29 is 19.1 Å². The molecule has 1 fully saturated rings. The minimum absolute atomic E-state index is 0.137. The molecule has 1 aliphatic rings. The molecule has 17 heavy (non-hydrogen) atoms. The molecule has 2 rings (SSSR count). The number of carbonyl (C=O) groups excluding carboxylic acids is 1. The molecule has 1 amide bonds. The van der Waals surface area contributed by atoms with Crippen molar-refractivity contribution in [3.8, 4) is 0 Å². The zero-order valence-corrected chi connectivity index (χ0v) is 9.07. The molecule has 0 heterocycles. The lowest BCUT2D eigenvalue weighted by atomic mass is 9.76. The summed E-state index contributed by atoms with van der Waals surface area (Å²) in [5.74, 6) is -2.10. The monoisotopic (exact) mass is 237 g/mol. The molecule has 1 aliphatic carbocycles. The van der Waals surface area contributed by atoms with Gasteiger partial charge in [-0.2, -0.15) is 0 Å². The van der Waals surface area contributed by atoms with Crippen LogP contribution in [0.15, 0.2) is 24.3 Å². The summed E-state index contributed by atoms with van der Waals surface area (Å²) in [6.07, 6.45) is 1.61. The Kier molecular flexibility index (Phi) is 2.83. The first-order chi connectivity index (χ1) is 8.03. The summed E-state index contributed by atoms with van der Waals surface area (Å²) < 4.78 is 12.9. The summed E-state index contributed by atoms with van der Waals surface area (Å²) in [5, 5.41) is 11.5. The molecule has 0 radical (unpaired) electrons. The molecule has 0 saturated heterocycles. The van der Waals surface area contributed by atoms with Crippen molar-refractivity contribution in [2.45, 2.75) is 24.8 Å². The van der Waals surface area contributed by atoms with Crippen LogP contribution < -0.4 is 5.32 Å². The fourth-order valence-corrected chi connectivity index (χ4v) is 1.84. The first-order valence-corrected chi connectivity index (χ1v) is 5.35. The van der Waals surface area contributed by atoms with E-state index in [1.165, 1.54) is 18.2 Å². The largest absolute Gasteiger partial charge is 0.480 e. The maximum absolute atomic E-state index is 12.9. The highest BCUT2D eigenvalue weighted by Crippen LogP contribution is 2.32. The van der Waals surface area contributed by atoms with Crippen LogP contribution in [-0.2, 0) is 4.79 Å². The Morgan fingerprint density at radius 2 is 2.06 bits per heavy atom. The highest BCUT2D eigenvalue weighted by Gasteiger charge is 2.45. The number of nitrogens with one attached hydrogen (secondary N) is 1. The number of benzene rings is 1. The van der Waals surface area contributed by atoms with Crippen molar-refractivity contribution >= 4 is 11.9 Å².